The van der Waals surface area contributed by atoms with Crippen LogP contribution in [0.2, 0.25) is 0 Å². The third-order valence-electron chi connectivity index (χ3n) is 6.23. The van der Waals surface area contributed by atoms with Crippen LogP contribution in [0.5, 0.6) is 17.2 Å². The minimum absolute atomic E-state index is 0.273. The molecule has 0 fully saturated rings. The highest BCUT2D eigenvalue weighted by Gasteiger charge is 2.12. The van der Waals surface area contributed by atoms with Crippen LogP contribution in [0.4, 0.5) is 11.4 Å². The van der Waals surface area contributed by atoms with E-state index < -0.39 is 11.9 Å². The molecule has 3 aromatic carbocycles. The van der Waals surface area contributed by atoms with Crippen molar-refractivity contribution >= 4 is 23.3 Å². The number of esters is 2. The number of carbonyl (C=O) groups excluding carboxylic acids is 2. The standard InChI is InChI=1S/C34H40N2O6/c1-4-7-11-26-12-16-28(17-13-26)35-36-31-21-20-30(25-32(31)40-23-9-10-24-41-33(37)6-3)42-34(38)27-14-18-29(19-15-27)39-22-8-5-2/h6,12-21,25H,3-5,7-11,22-24H2,1-2H3. The van der Waals surface area contributed by atoms with E-state index in [1.807, 2.05) is 12.1 Å². The van der Waals surface area contributed by atoms with Crippen molar-refractivity contribution in [2.24, 2.45) is 10.2 Å². The highest BCUT2D eigenvalue weighted by Crippen LogP contribution is 2.34. The highest BCUT2D eigenvalue weighted by molar-refractivity contribution is 5.91. The lowest BCUT2D eigenvalue weighted by Gasteiger charge is -2.11. The van der Waals surface area contributed by atoms with E-state index in [0.717, 1.165) is 43.9 Å². The van der Waals surface area contributed by atoms with Crippen molar-refractivity contribution in [2.75, 3.05) is 19.8 Å². The van der Waals surface area contributed by atoms with Gasteiger partial charge in [0.15, 0.2) is 5.75 Å². The van der Waals surface area contributed by atoms with Gasteiger partial charge in [0.1, 0.15) is 17.2 Å². The number of rotatable bonds is 18. The van der Waals surface area contributed by atoms with Crippen LogP contribution in [0.15, 0.2) is 89.6 Å². The number of benzene rings is 3. The van der Waals surface area contributed by atoms with Gasteiger partial charge < -0.3 is 18.9 Å². The average molecular weight is 573 g/mol. The first-order valence-corrected chi connectivity index (χ1v) is 14.5. The van der Waals surface area contributed by atoms with E-state index in [1.54, 1.807) is 42.5 Å². The van der Waals surface area contributed by atoms with Crippen LogP contribution >= 0.6 is 0 Å². The molecule has 42 heavy (non-hydrogen) atoms. The van der Waals surface area contributed by atoms with Gasteiger partial charge in [-0.15, -0.1) is 5.11 Å². The highest BCUT2D eigenvalue weighted by atomic mass is 16.5. The second-order valence-corrected chi connectivity index (χ2v) is 9.64. The normalized spacial score (nSPS) is 10.8. The summed E-state index contributed by atoms with van der Waals surface area (Å²) in [7, 11) is 0. The quantitative estimate of drug-likeness (QED) is 0.0497. The molecule has 0 unspecified atom stereocenters. The summed E-state index contributed by atoms with van der Waals surface area (Å²) in [6.07, 6.45) is 7.74. The van der Waals surface area contributed by atoms with Gasteiger partial charge in [-0.1, -0.05) is 45.4 Å². The molecule has 0 spiro atoms. The Labute approximate surface area is 248 Å². The minimum atomic E-state index is -0.498. The molecule has 3 rings (SSSR count). The molecule has 0 saturated heterocycles. The Hall–Kier alpha value is -4.46. The molecule has 0 aromatic heterocycles. The zero-order valence-electron chi connectivity index (χ0n) is 24.6. The Kier molecular flexibility index (Phi) is 13.8. The van der Waals surface area contributed by atoms with Crippen molar-refractivity contribution in [2.45, 2.75) is 58.8 Å². The van der Waals surface area contributed by atoms with Crippen LogP contribution in [0, 0.1) is 0 Å². The molecule has 0 amide bonds. The molecule has 0 radical (unpaired) electrons. The molecule has 0 N–H and O–H groups in total. The third-order valence-corrected chi connectivity index (χ3v) is 6.23. The van der Waals surface area contributed by atoms with E-state index in [1.165, 1.54) is 5.56 Å². The van der Waals surface area contributed by atoms with Crippen LogP contribution in [0.3, 0.4) is 0 Å². The van der Waals surface area contributed by atoms with Gasteiger partial charge in [-0.25, -0.2) is 9.59 Å². The third kappa shape index (κ3) is 11.2. The second-order valence-electron chi connectivity index (χ2n) is 9.64. The lowest BCUT2D eigenvalue weighted by molar-refractivity contribution is -0.137. The summed E-state index contributed by atoms with van der Waals surface area (Å²) in [4.78, 5) is 24.0. The fourth-order valence-electron chi connectivity index (χ4n) is 3.78. The van der Waals surface area contributed by atoms with E-state index in [-0.39, 0.29) is 6.61 Å². The Morgan fingerprint density at radius 2 is 1.45 bits per heavy atom. The Bertz CT molecular complexity index is 1300. The lowest BCUT2D eigenvalue weighted by Crippen LogP contribution is -2.09. The number of carbonyl (C=O) groups is 2. The molecular formula is C34H40N2O6. The monoisotopic (exact) mass is 572 g/mol. The topological polar surface area (TPSA) is 95.8 Å². The summed E-state index contributed by atoms with van der Waals surface area (Å²) in [5.41, 5.74) is 2.89. The Balaban J connectivity index is 1.68. The second kappa shape index (κ2) is 18.1. The molecule has 3 aromatic rings. The molecule has 8 nitrogen and oxygen atoms in total. The zero-order chi connectivity index (χ0) is 30.0. The molecule has 0 aliphatic rings. The van der Waals surface area contributed by atoms with Crippen molar-refractivity contribution in [1.82, 2.24) is 0 Å². The summed E-state index contributed by atoms with van der Waals surface area (Å²) < 4.78 is 22.3. The van der Waals surface area contributed by atoms with Gasteiger partial charge in [0.2, 0.25) is 0 Å². The van der Waals surface area contributed by atoms with Crippen molar-refractivity contribution < 1.29 is 28.5 Å². The molecule has 8 heteroatoms. The number of ether oxygens (including phenoxy) is 4. The maximum Gasteiger partial charge on any atom is 0.343 e. The van der Waals surface area contributed by atoms with Gasteiger partial charge in [0.25, 0.3) is 0 Å². The smallest absolute Gasteiger partial charge is 0.343 e. The van der Waals surface area contributed by atoms with E-state index in [0.29, 0.717) is 54.6 Å². The van der Waals surface area contributed by atoms with E-state index >= 15 is 0 Å². The maximum atomic E-state index is 12.8. The van der Waals surface area contributed by atoms with Gasteiger partial charge >= 0.3 is 11.9 Å². The number of azo groups is 1. The molecule has 0 aliphatic carbocycles. The molecule has 222 valence electrons. The maximum absolute atomic E-state index is 12.8. The predicted molar refractivity (Wildman–Crippen MR) is 163 cm³/mol. The first kappa shape index (κ1) is 32.1. The van der Waals surface area contributed by atoms with Gasteiger partial charge in [0.05, 0.1) is 31.1 Å². The van der Waals surface area contributed by atoms with Gasteiger partial charge in [0, 0.05) is 12.1 Å². The molecule has 0 aliphatic heterocycles. The van der Waals surface area contributed by atoms with Crippen molar-refractivity contribution in [3.05, 3.63) is 90.5 Å². The summed E-state index contributed by atoms with van der Waals surface area (Å²) in [6, 6.07) is 19.9. The summed E-state index contributed by atoms with van der Waals surface area (Å²) in [5, 5.41) is 8.78. The van der Waals surface area contributed by atoms with Crippen LogP contribution < -0.4 is 14.2 Å². The van der Waals surface area contributed by atoms with Crippen LogP contribution in [0.25, 0.3) is 0 Å². The lowest BCUT2D eigenvalue weighted by atomic mass is 10.1. The molecule has 0 atom stereocenters. The Morgan fingerprint density at radius 3 is 2.17 bits per heavy atom. The van der Waals surface area contributed by atoms with Crippen LogP contribution in [-0.4, -0.2) is 31.8 Å². The summed E-state index contributed by atoms with van der Waals surface area (Å²) in [5.74, 6) is 0.497. The SMILES string of the molecule is C=CC(=O)OCCCCOc1cc(OC(=O)c2ccc(OCCCC)cc2)ccc1N=Nc1ccc(CCCC)cc1. The minimum Gasteiger partial charge on any atom is -0.494 e. The predicted octanol–water partition coefficient (Wildman–Crippen LogP) is 8.73. The number of hydrogen-bond donors (Lipinski definition) is 0. The van der Waals surface area contributed by atoms with Crippen molar-refractivity contribution in [1.29, 1.82) is 0 Å². The van der Waals surface area contributed by atoms with E-state index in [4.69, 9.17) is 18.9 Å². The number of hydrogen-bond acceptors (Lipinski definition) is 8. The first-order valence-electron chi connectivity index (χ1n) is 14.5. The van der Waals surface area contributed by atoms with Crippen molar-refractivity contribution in [3.8, 4) is 17.2 Å². The summed E-state index contributed by atoms with van der Waals surface area (Å²) >= 11 is 0. The average Bonchev–Trinajstić information content (AvgIpc) is 3.02. The van der Waals surface area contributed by atoms with Crippen LogP contribution in [0.1, 0.15) is 68.3 Å². The van der Waals surface area contributed by atoms with Gasteiger partial charge in [-0.05, 0) is 86.2 Å². The fraction of sp³-hybridized carbons (Fsp3) is 0.353. The number of unbranched alkanes of at least 4 members (excludes halogenated alkanes) is 3. The Morgan fingerprint density at radius 1 is 0.762 bits per heavy atom. The molecular weight excluding hydrogens is 532 g/mol. The number of aryl methyl sites for hydroxylation is 1. The van der Waals surface area contributed by atoms with E-state index in [9.17, 15) is 9.59 Å². The fourth-order valence-corrected chi connectivity index (χ4v) is 3.78. The van der Waals surface area contributed by atoms with Crippen molar-refractivity contribution in [3.63, 3.8) is 0 Å². The van der Waals surface area contributed by atoms with Gasteiger partial charge in [-0.2, -0.15) is 5.11 Å². The molecule has 0 bridgehead atoms. The summed E-state index contributed by atoms with van der Waals surface area (Å²) in [6.45, 7) is 8.92. The molecule has 0 saturated carbocycles. The zero-order valence-corrected chi connectivity index (χ0v) is 24.6. The van der Waals surface area contributed by atoms with E-state index in [2.05, 4.69) is 42.8 Å². The first-order chi connectivity index (χ1) is 20.5. The number of nitrogens with zero attached hydrogens (tertiary/aromatic N) is 2. The van der Waals surface area contributed by atoms with Gasteiger partial charge in [-0.3, -0.25) is 0 Å². The van der Waals surface area contributed by atoms with Crippen LogP contribution in [-0.2, 0) is 16.0 Å². The largest absolute Gasteiger partial charge is 0.494 e. The molecule has 0 heterocycles.